The van der Waals surface area contributed by atoms with E-state index in [-0.39, 0.29) is 59.3 Å². The molecule has 50 heavy (non-hydrogen) atoms. The zero-order valence-corrected chi connectivity index (χ0v) is 26.7. The Morgan fingerprint density at radius 1 is 1.00 bits per heavy atom. The van der Waals surface area contributed by atoms with Gasteiger partial charge in [-0.2, -0.15) is 18.2 Å². The van der Waals surface area contributed by atoms with Crippen LogP contribution in [-0.4, -0.2) is 66.1 Å². The Hall–Kier alpha value is -5.71. The molecule has 3 amide bonds. The van der Waals surface area contributed by atoms with Gasteiger partial charge in [-0.05, 0) is 68.5 Å². The molecule has 2 heterocycles. The van der Waals surface area contributed by atoms with Gasteiger partial charge in [-0.3, -0.25) is 4.79 Å². The number of carbonyl (C=O) groups excluding carboxylic acids is 3. The van der Waals surface area contributed by atoms with Gasteiger partial charge in [0.05, 0.1) is 17.8 Å². The highest BCUT2D eigenvalue weighted by Gasteiger charge is 2.43. The van der Waals surface area contributed by atoms with Crippen LogP contribution in [0.4, 0.5) is 54.3 Å². The molecule has 0 aliphatic carbocycles. The maximum absolute atomic E-state index is 15.1. The number of aromatic nitrogens is 2. The van der Waals surface area contributed by atoms with Gasteiger partial charge >= 0.3 is 18.2 Å². The Morgan fingerprint density at radius 2 is 1.68 bits per heavy atom. The zero-order chi connectivity index (χ0) is 36.3. The quantitative estimate of drug-likeness (QED) is 0.102. The summed E-state index contributed by atoms with van der Waals surface area (Å²) in [6.07, 6.45) is -5.40. The van der Waals surface area contributed by atoms with Crippen molar-refractivity contribution in [2.24, 2.45) is 0 Å². The lowest BCUT2D eigenvalue weighted by Gasteiger charge is -2.31. The fourth-order valence-electron chi connectivity index (χ4n) is 5.09. The normalized spacial score (nSPS) is 12.8. The summed E-state index contributed by atoms with van der Waals surface area (Å²) in [5, 5.41) is 7.85. The van der Waals surface area contributed by atoms with Gasteiger partial charge in [-0.15, -0.1) is 0 Å². The number of aryl methyl sites for hydroxylation is 1. The van der Waals surface area contributed by atoms with E-state index in [9.17, 15) is 31.9 Å². The van der Waals surface area contributed by atoms with E-state index in [1.54, 1.807) is 21.0 Å². The van der Waals surface area contributed by atoms with Gasteiger partial charge in [0.15, 0.2) is 11.6 Å². The van der Waals surface area contributed by atoms with Crippen molar-refractivity contribution in [3.05, 3.63) is 88.7 Å². The second-order valence-electron chi connectivity index (χ2n) is 11.2. The summed E-state index contributed by atoms with van der Waals surface area (Å²) in [6, 6.07) is 9.02. The van der Waals surface area contributed by atoms with E-state index >= 15 is 8.78 Å². The highest BCUT2D eigenvalue weighted by Crippen LogP contribution is 2.44. The number of carbonyl (C=O) groups is 3. The van der Waals surface area contributed by atoms with Crippen LogP contribution < -0.4 is 25.6 Å². The Morgan fingerprint density at radius 3 is 2.30 bits per heavy atom. The molecular formula is C33H29F6N7O4. The Balaban J connectivity index is 1.80. The molecule has 1 aliphatic heterocycles. The van der Waals surface area contributed by atoms with Crippen molar-refractivity contribution in [1.29, 1.82) is 0 Å². The molecule has 3 aromatic carbocycles. The topological polar surface area (TPSA) is 129 Å². The van der Waals surface area contributed by atoms with E-state index in [0.717, 1.165) is 36.4 Å². The van der Waals surface area contributed by atoms with Crippen LogP contribution in [0.5, 0.6) is 5.75 Å². The number of fused-ring (bicyclic) bond motifs is 1. The van der Waals surface area contributed by atoms with Crippen LogP contribution in [0.1, 0.15) is 28.4 Å². The number of urea groups is 1. The molecule has 0 saturated heterocycles. The van der Waals surface area contributed by atoms with Crippen molar-refractivity contribution in [1.82, 2.24) is 20.2 Å². The van der Waals surface area contributed by atoms with E-state index in [1.807, 2.05) is 4.90 Å². The van der Waals surface area contributed by atoms with Crippen molar-refractivity contribution in [2.75, 3.05) is 42.7 Å². The van der Waals surface area contributed by atoms with E-state index < -0.39 is 58.5 Å². The highest BCUT2D eigenvalue weighted by molar-refractivity contribution is 6.09. The van der Waals surface area contributed by atoms with E-state index in [1.165, 1.54) is 18.2 Å². The summed E-state index contributed by atoms with van der Waals surface area (Å²) >= 11 is 0. The standard InChI is InChI=1S/C33H29F6N7O4/c1-4-17-8-13-20(29(47)42-19-11-9-18(34)10-12-19)27(50-30(48)33(37,38)39)24(17)25-21-16-41-32(49)46(26-22(35)6-5-7-23(26)36)28(21)44-31(43-25)40-14-15-45(2)3/h5-13H,4,14-16H2,1-3H3,(H,41,49)(H,42,47)(H,40,43,44). The van der Waals surface area contributed by atoms with E-state index in [0.29, 0.717) is 11.4 Å². The predicted octanol–water partition coefficient (Wildman–Crippen LogP) is 6.18. The van der Waals surface area contributed by atoms with Gasteiger partial charge in [0.25, 0.3) is 5.91 Å². The Bertz CT molecular complexity index is 1930. The molecule has 0 atom stereocenters. The first kappa shape index (κ1) is 35.6. The van der Waals surface area contributed by atoms with Crippen LogP contribution in [0.3, 0.4) is 0 Å². The number of nitrogens with one attached hydrogen (secondary N) is 3. The number of para-hydroxylation sites is 1. The lowest BCUT2D eigenvalue weighted by molar-refractivity contribution is -0.189. The summed E-state index contributed by atoms with van der Waals surface area (Å²) < 4.78 is 89.8. The molecule has 5 rings (SSSR count). The average Bonchev–Trinajstić information content (AvgIpc) is 3.05. The van der Waals surface area contributed by atoms with E-state index in [2.05, 4.69) is 25.9 Å². The number of rotatable bonds is 10. The minimum Gasteiger partial charge on any atom is -0.418 e. The van der Waals surface area contributed by atoms with Crippen molar-refractivity contribution in [2.45, 2.75) is 26.1 Å². The van der Waals surface area contributed by atoms with Crippen LogP contribution in [0.15, 0.2) is 54.6 Å². The zero-order valence-electron chi connectivity index (χ0n) is 26.7. The first-order chi connectivity index (χ1) is 23.7. The van der Waals surface area contributed by atoms with Crippen LogP contribution >= 0.6 is 0 Å². The van der Waals surface area contributed by atoms with Gasteiger partial charge in [-0.1, -0.05) is 19.1 Å². The second-order valence-corrected chi connectivity index (χ2v) is 11.2. The van der Waals surface area contributed by atoms with Crippen molar-refractivity contribution < 1.29 is 45.5 Å². The van der Waals surface area contributed by atoms with Gasteiger partial charge in [0.1, 0.15) is 23.1 Å². The lowest BCUT2D eigenvalue weighted by atomic mass is 9.94. The molecular weight excluding hydrogens is 672 g/mol. The smallest absolute Gasteiger partial charge is 0.418 e. The number of likely N-dealkylation sites (N-methyl/N-ethyl adjacent to an activating group) is 1. The molecule has 0 spiro atoms. The molecule has 3 N–H and O–H groups in total. The van der Waals surface area contributed by atoms with Crippen LogP contribution in [0, 0.1) is 17.5 Å². The monoisotopic (exact) mass is 701 g/mol. The number of hydrogen-bond donors (Lipinski definition) is 3. The summed E-state index contributed by atoms with van der Waals surface area (Å²) in [7, 11) is 3.57. The summed E-state index contributed by atoms with van der Waals surface area (Å²) in [4.78, 5) is 50.6. The van der Waals surface area contributed by atoms with Crippen molar-refractivity contribution >= 4 is 41.0 Å². The molecule has 262 valence electrons. The maximum Gasteiger partial charge on any atom is 0.491 e. The fraction of sp³-hybridized carbons (Fsp3) is 0.242. The first-order valence-electron chi connectivity index (χ1n) is 15.0. The molecule has 17 heteroatoms. The third-order valence-electron chi connectivity index (χ3n) is 7.45. The Kier molecular flexibility index (Phi) is 10.3. The van der Waals surface area contributed by atoms with Gasteiger partial charge in [0.2, 0.25) is 5.95 Å². The third-order valence-corrected chi connectivity index (χ3v) is 7.45. The molecule has 4 aromatic rings. The summed E-state index contributed by atoms with van der Waals surface area (Å²) in [6.45, 7) is 1.91. The van der Waals surface area contributed by atoms with Gasteiger partial charge in [-0.25, -0.2) is 32.6 Å². The predicted molar refractivity (Wildman–Crippen MR) is 171 cm³/mol. The minimum atomic E-state index is -5.50. The van der Waals surface area contributed by atoms with Crippen molar-refractivity contribution in [3.63, 3.8) is 0 Å². The number of anilines is 4. The van der Waals surface area contributed by atoms with Crippen LogP contribution in [0.25, 0.3) is 11.3 Å². The van der Waals surface area contributed by atoms with Gasteiger partial charge in [0, 0.05) is 29.9 Å². The molecule has 0 bridgehead atoms. The molecule has 1 aliphatic rings. The summed E-state index contributed by atoms with van der Waals surface area (Å²) in [5.41, 5.74) is -1.50. The van der Waals surface area contributed by atoms with Crippen LogP contribution in [-0.2, 0) is 17.8 Å². The first-order valence-corrected chi connectivity index (χ1v) is 15.0. The number of hydrogen-bond acceptors (Lipinski definition) is 8. The van der Waals surface area contributed by atoms with Crippen LogP contribution in [0.2, 0.25) is 0 Å². The number of esters is 1. The lowest BCUT2D eigenvalue weighted by Crippen LogP contribution is -2.43. The largest absolute Gasteiger partial charge is 0.491 e. The molecule has 11 nitrogen and oxygen atoms in total. The number of amides is 3. The molecule has 0 unspecified atom stereocenters. The molecule has 0 fully saturated rings. The SMILES string of the molecule is CCc1ccc(C(=O)Nc2ccc(F)cc2)c(OC(=O)C(F)(F)F)c1-c1nc(NCCN(C)C)nc2c1CNC(=O)N2c1c(F)cccc1F. The number of benzene rings is 3. The number of ether oxygens (including phenoxy) is 1. The van der Waals surface area contributed by atoms with Crippen molar-refractivity contribution in [3.8, 4) is 17.0 Å². The average molecular weight is 702 g/mol. The molecule has 1 aromatic heterocycles. The number of alkyl halides is 3. The number of nitrogens with zero attached hydrogens (tertiary/aromatic N) is 4. The van der Waals surface area contributed by atoms with E-state index in [4.69, 9.17) is 4.74 Å². The number of halogens is 6. The minimum absolute atomic E-state index is 0.0273. The van der Waals surface area contributed by atoms with Gasteiger partial charge < -0.3 is 25.6 Å². The molecule has 0 saturated carbocycles. The maximum atomic E-state index is 15.1. The highest BCUT2D eigenvalue weighted by atomic mass is 19.4. The summed E-state index contributed by atoms with van der Waals surface area (Å²) in [5.74, 6) is -7.91. The Labute approximate surface area is 281 Å². The fourth-order valence-corrected chi connectivity index (χ4v) is 5.09. The molecule has 0 radical (unpaired) electrons. The third kappa shape index (κ3) is 7.46. The second kappa shape index (κ2) is 14.4.